The van der Waals surface area contributed by atoms with Crippen molar-refractivity contribution in [1.29, 1.82) is 0 Å². The van der Waals surface area contributed by atoms with Crippen molar-refractivity contribution in [2.75, 3.05) is 13.3 Å². The first-order valence-corrected chi connectivity index (χ1v) is 12.2. The maximum Gasteiger partial charge on any atom is 0.0894 e. The molecular formula is C29H29FN4O. The van der Waals surface area contributed by atoms with Gasteiger partial charge >= 0.3 is 0 Å². The number of halogens is 1. The van der Waals surface area contributed by atoms with Gasteiger partial charge in [0.15, 0.2) is 0 Å². The fourth-order valence-electron chi connectivity index (χ4n) is 4.23. The highest BCUT2D eigenvalue weighted by Gasteiger charge is 2.21. The zero-order valence-corrected chi connectivity index (χ0v) is 19.9. The van der Waals surface area contributed by atoms with E-state index in [9.17, 15) is 4.39 Å². The van der Waals surface area contributed by atoms with Crippen molar-refractivity contribution >= 4 is 22.8 Å². The first-order chi connectivity index (χ1) is 17.6. The van der Waals surface area contributed by atoms with Crippen molar-refractivity contribution in [2.45, 2.75) is 45.1 Å². The lowest BCUT2D eigenvalue weighted by Gasteiger charge is -2.15. The summed E-state index contributed by atoms with van der Waals surface area (Å²) in [6.45, 7) is 2.31. The molecule has 5 aliphatic rings. The van der Waals surface area contributed by atoms with E-state index in [1.54, 1.807) is 0 Å². The van der Waals surface area contributed by atoms with E-state index in [0.29, 0.717) is 30.5 Å². The van der Waals surface area contributed by atoms with Crippen molar-refractivity contribution in [3.8, 4) is 0 Å². The third kappa shape index (κ3) is 5.95. The van der Waals surface area contributed by atoms with Crippen molar-refractivity contribution in [3.05, 3.63) is 95.2 Å². The van der Waals surface area contributed by atoms with E-state index in [2.05, 4.69) is 9.98 Å². The van der Waals surface area contributed by atoms with E-state index in [1.807, 2.05) is 67.7 Å². The van der Waals surface area contributed by atoms with Gasteiger partial charge in [0.2, 0.25) is 0 Å². The summed E-state index contributed by atoms with van der Waals surface area (Å²) < 4.78 is 27.3. The number of nitrogens with zero attached hydrogens (tertiary/aromatic N) is 4. The summed E-state index contributed by atoms with van der Waals surface area (Å²) in [7, 11) is 0. The van der Waals surface area contributed by atoms with Gasteiger partial charge in [-0.2, -0.15) is 0 Å². The maximum absolute atomic E-state index is 12.3. The van der Waals surface area contributed by atoms with Crippen LogP contribution in [0.3, 0.4) is 0 Å². The van der Waals surface area contributed by atoms with Gasteiger partial charge in [-0.25, -0.2) is 20.0 Å². The van der Waals surface area contributed by atoms with E-state index in [-0.39, 0.29) is 12.8 Å². The lowest BCUT2D eigenvalue weighted by molar-refractivity contribution is 0.0879. The molecule has 178 valence electrons. The van der Waals surface area contributed by atoms with Gasteiger partial charge in [0.1, 0.15) is 0 Å². The molecule has 35 heavy (non-hydrogen) atoms. The number of hydrogen-bond acceptors (Lipinski definition) is 5. The third-order valence-corrected chi connectivity index (χ3v) is 6.04. The van der Waals surface area contributed by atoms with E-state index < -0.39 is 0 Å². The van der Waals surface area contributed by atoms with Gasteiger partial charge in [0.25, 0.3) is 0 Å². The molecule has 0 aromatic carbocycles. The highest BCUT2D eigenvalue weighted by molar-refractivity contribution is 6.15. The number of allylic oxidation sites excluding steroid dienone is 11. The Morgan fingerprint density at radius 3 is 1.89 bits per heavy atom. The largest absolute Gasteiger partial charge is 0.374 e. The monoisotopic (exact) mass is 469 g/mol. The average molecular weight is 470 g/mol. The van der Waals surface area contributed by atoms with Crippen LogP contribution >= 0.6 is 0 Å². The number of hydrogen-bond donors (Lipinski definition) is 0. The molecule has 0 amide bonds. The fourth-order valence-corrected chi connectivity index (χ4v) is 4.23. The van der Waals surface area contributed by atoms with E-state index in [1.165, 1.54) is 0 Å². The van der Waals surface area contributed by atoms with Gasteiger partial charge in [-0.15, -0.1) is 0 Å². The lowest BCUT2D eigenvalue weighted by Crippen LogP contribution is -2.13. The molecule has 0 aromatic rings. The first kappa shape index (κ1) is 22.0. The molecule has 1 unspecified atom stereocenters. The summed E-state index contributed by atoms with van der Waals surface area (Å²) in [5.74, 6) is 0. The molecule has 0 spiro atoms. The number of ether oxygens (including phenoxy) is 1. The molecule has 1 atom stereocenters. The Kier molecular flexibility index (Phi) is 6.80. The molecule has 0 saturated carbocycles. The van der Waals surface area contributed by atoms with Crippen molar-refractivity contribution < 1.29 is 10.5 Å². The molecule has 5 heterocycles. The molecule has 0 N–H and O–H groups in total. The highest BCUT2D eigenvalue weighted by Crippen LogP contribution is 2.27. The number of rotatable bonds is 9. The van der Waals surface area contributed by atoms with Crippen LogP contribution in [0, 0.1) is 0 Å². The second kappa shape index (κ2) is 10.8. The Bertz CT molecular complexity index is 1310. The maximum atomic E-state index is 12.3. The smallest absolute Gasteiger partial charge is 0.0894 e. The summed E-state index contributed by atoms with van der Waals surface area (Å²) in [6.07, 6.45) is 23.5. The van der Waals surface area contributed by atoms with Crippen LogP contribution < -0.4 is 0 Å². The first-order valence-electron chi connectivity index (χ1n) is 12.7. The molecule has 0 aliphatic carbocycles. The molecule has 6 heteroatoms. The SMILES string of the molecule is [2H]C1=C(C(C)OCCCCCCCF)C2=CC3=NC(=CC4=NC(=CC5=NC(=CC1=N2)C=C5)C=C4)C=C3. The van der Waals surface area contributed by atoms with Gasteiger partial charge in [-0.05, 0) is 86.6 Å². The van der Waals surface area contributed by atoms with Crippen LogP contribution in [0.15, 0.2) is 115 Å². The number of aliphatic imine (C=N–C) groups is 4. The van der Waals surface area contributed by atoms with Crippen LogP contribution in [0.25, 0.3) is 0 Å². The molecular weight excluding hydrogens is 439 g/mol. The zero-order valence-electron chi connectivity index (χ0n) is 20.9. The van der Waals surface area contributed by atoms with E-state index in [0.717, 1.165) is 65.5 Å². The van der Waals surface area contributed by atoms with E-state index in [4.69, 9.17) is 16.1 Å². The Morgan fingerprint density at radius 1 is 0.714 bits per heavy atom. The Labute approximate surface area is 207 Å². The Hall–Kier alpha value is -3.51. The lowest BCUT2D eigenvalue weighted by atomic mass is 10.1. The van der Waals surface area contributed by atoms with Gasteiger partial charge in [0, 0.05) is 12.2 Å². The molecule has 5 rings (SSSR count). The van der Waals surface area contributed by atoms with Crippen molar-refractivity contribution in [1.82, 2.24) is 0 Å². The molecule has 5 nitrogen and oxygen atoms in total. The van der Waals surface area contributed by atoms with E-state index >= 15 is 0 Å². The van der Waals surface area contributed by atoms with Gasteiger partial charge in [-0.3, -0.25) is 4.39 Å². The van der Waals surface area contributed by atoms with Crippen molar-refractivity contribution in [2.24, 2.45) is 20.0 Å². The van der Waals surface area contributed by atoms with Gasteiger partial charge in [-0.1, -0.05) is 19.3 Å². The minimum Gasteiger partial charge on any atom is -0.374 e. The minimum absolute atomic E-state index is 0.245. The van der Waals surface area contributed by atoms with Gasteiger partial charge in [0.05, 0.1) is 59.8 Å². The fraction of sp³-hybridized carbons (Fsp3) is 0.310. The molecule has 0 aromatic heterocycles. The van der Waals surface area contributed by atoms with Crippen molar-refractivity contribution in [3.63, 3.8) is 0 Å². The summed E-state index contributed by atoms with van der Waals surface area (Å²) in [5.41, 5.74) is 6.80. The van der Waals surface area contributed by atoms with Crippen LogP contribution in [-0.4, -0.2) is 42.2 Å². The summed E-state index contributed by atoms with van der Waals surface area (Å²) in [4.78, 5) is 18.8. The standard InChI is InChI=1S/C29H29FN4O/c1-20(35-14-6-4-2-3-5-13-30)28-18-27-17-25-10-9-23(32-25)15-21-7-8-22(31-21)16-24-11-12-26(33-24)19-29(28)34-27/h7-12,15-20H,2-6,13-14H2,1H3/i18D. The molecule has 0 radical (unpaired) electrons. The predicted molar refractivity (Wildman–Crippen MR) is 142 cm³/mol. The third-order valence-electron chi connectivity index (χ3n) is 6.04. The van der Waals surface area contributed by atoms with Crippen LogP contribution in [0.4, 0.5) is 4.39 Å². The second-order valence-corrected chi connectivity index (χ2v) is 8.85. The summed E-state index contributed by atoms with van der Waals surface area (Å²) in [6, 6.07) is 0.342. The normalized spacial score (nSPS) is 21.3. The quantitative estimate of drug-likeness (QED) is 0.367. The van der Waals surface area contributed by atoms with Crippen LogP contribution in [0.5, 0.6) is 0 Å². The molecule has 8 bridgehead atoms. The molecule has 5 aliphatic heterocycles. The van der Waals surface area contributed by atoms with Crippen LogP contribution in [0.2, 0.25) is 0 Å². The Balaban J connectivity index is 1.42. The zero-order chi connectivity index (χ0) is 24.9. The number of fused-ring (bicyclic) bond motifs is 4. The predicted octanol–water partition coefficient (Wildman–Crippen LogP) is 6.27. The second-order valence-electron chi connectivity index (χ2n) is 8.85. The summed E-state index contributed by atoms with van der Waals surface area (Å²) >= 11 is 0. The average Bonchev–Trinajstić information content (AvgIpc) is 3.64. The Morgan fingerprint density at radius 2 is 1.26 bits per heavy atom. The van der Waals surface area contributed by atoms with Gasteiger partial charge < -0.3 is 4.74 Å². The molecule has 0 saturated heterocycles. The van der Waals surface area contributed by atoms with Crippen LogP contribution in [0.1, 0.15) is 40.4 Å². The number of alkyl halides is 1. The summed E-state index contributed by atoms with van der Waals surface area (Å²) in [5, 5.41) is 0. The van der Waals surface area contributed by atoms with Crippen LogP contribution in [-0.2, 0) is 4.74 Å². The topological polar surface area (TPSA) is 58.7 Å². The highest BCUT2D eigenvalue weighted by atomic mass is 19.1. The molecule has 0 fully saturated rings. The number of unbranched alkanes of at least 4 members (excludes halogenated alkanes) is 4. The minimum atomic E-state index is -0.296.